The molecule has 0 unspecified atom stereocenters. The van der Waals surface area contributed by atoms with Crippen molar-refractivity contribution in [1.29, 1.82) is 0 Å². The number of guanidine groups is 1. The molecule has 4 heteroatoms. The average molecular weight is 253 g/mol. The highest BCUT2D eigenvalue weighted by molar-refractivity contribution is 5.77. The Kier molecular flexibility index (Phi) is 4.87. The largest absolute Gasteiger partial charge is 0.385 e. The minimum atomic E-state index is 0.374. The first-order chi connectivity index (χ1) is 8.74. The van der Waals surface area contributed by atoms with Crippen LogP contribution in [0.1, 0.15) is 44.9 Å². The van der Waals surface area contributed by atoms with E-state index >= 15 is 0 Å². The first kappa shape index (κ1) is 13.7. The fourth-order valence-corrected chi connectivity index (χ4v) is 2.74. The number of rotatable bonds is 7. The van der Waals surface area contributed by atoms with E-state index in [1.165, 1.54) is 38.5 Å². The van der Waals surface area contributed by atoms with Crippen LogP contribution in [-0.2, 0) is 4.74 Å². The summed E-state index contributed by atoms with van der Waals surface area (Å²) in [6.45, 7) is 2.70. The number of methoxy groups -OCH3 is 1. The summed E-state index contributed by atoms with van der Waals surface area (Å²) in [7, 11) is 1.77. The molecule has 2 aliphatic carbocycles. The molecule has 2 rings (SSSR count). The van der Waals surface area contributed by atoms with Crippen LogP contribution in [0.25, 0.3) is 0 Å². The minimum Gasteiger partial charge on any atom is -0.385 e. The summed E-state index contributed by atoms with van der Waals surface area (Å²) in [6.07, 6.45) is 9.06. The molecule has 0 amide bonds. The Morgan fingerprint density at radius 1 is 1.39 bits per heavy atom. The molecule has 104 valence electrons. The van der Waals surface area contributed by atoms with E-state index in [-0.39, 0.29) is 0 Å². The van der Waals surface area contributed by atoms with E-state index in [0.717, 1.165) is 32.0 Å². The van der Waals surface area contributed by atoms with Gasteiger partial charge in [0, 0.05) is 26.8 Å². The first-order valence-electron chi connectivity index (χ1n) is 7.27. The zero-order valence-corrected chi connectivity index (χ0v) is 11.6. The monoisotopic (exact) mass is 253 g/mol. The Balaban J connectivity index is 1.69. The fourth-order valence-electron chi connectivity index (χ4n) is 2.74. The Bertz CT molecular complexity index is 283. The third kappa shape index (κ3) is 3.61. The molecule has 0 aromatic rings. The lowest BCUT2D eigenvalue weighted by Gasteiger charge is -2.40. The van der Waals surface area contributed by atoms with Gasteiger partial charge in [0.25, 0.3) is 0 Å². The van der Waals surface area contributed by atoms with Crippen LogP contribution in [-0.4, -0.2) is 32.8 Å². The van der Waals surface area contributed by atoms with E-state index < -0.39 is 0 Å². The number of hydrogen-bond acceptors (Lipinski definition) is 2. The summed E-state index contributed by atoms with van der Waals surface area (Å²) in [5.74, 6) is 1.45. The highest BCUT2D eigenvalue weighted by Gasteiger charge is 2.36. The van der Waals surface area contributed by atoms with Crippen LogP contribution in [0.3, 0.4) is 0 Å². The van der Waals surface area contributed by atoms with Gasteiger partial charge in [0.15, 0.2) is 5.96 Å². The molecular formula is C14H27N3O. The molecule has 0 heterocycles. The van der Waals surface area contributed by atoms with Gasteiger partial charge in [-0.3, -0.25) is 4.99 Å². The maximum atomic E-state index is 5.92. The molecule has 0 saturated heterocycles. The first-order valence-corrected chi connectivity index (χ1v) is 7.27. The molecule has 0 atom stereocenters. The quantitative estimate of drug-likeness (QED) is 0.538. The van der Waals surface area contributed by atoms with Crippen molar-refractivity contribution in [3.8, 4) is 0 Å². The lowest BCUT2D eigenvalue weighted by atomic mass is 9.67. The van der Waals surface area contributed by atoms with Gasteiger partial charge in [0.2, 0.25) is 0 Å². The smallest absolute Gasteiger partial charge is 0.188 e. The van der Waals surface area contributed by atoms with E-state index in [0.29, 0.717) is 11.4 Å². The van der Waals surface area contributed by atoms with Crippen molar-refractivity contribution in [1.82, 2.24) is 5.32 Å². The third-order valence-electron chi connectivity index (χ3n) is 4.63. The van der Waals surface area contributed by atoms with E-state index in [2.05, 4.69) is 10.3 Å². The predicted molar refractivity (Wildman–Crippen MR) is 74.6 cm³/mol. The van der Waals surface area contributed by atoms with Crippen molar-refractivity contribution in [2.75, 3.05) is 26.8 Å². The molecule has 4 nitrogen and oxygen atoms in total. The SMILES string of the molecule is COCCC1(CN=C(N)NCC2CCC2)CCC1. The number of aliphatic imine (C=N–C) groups is 1. The van der Waals surface area contributed by atoms with E-state index in [1.807, 2.05) is 0 Å². The van der Waals surface area contributed by atoms with Crippen molar-refractivity contribution in [2.45, 2.75) is 44.9 Å². The molecule has 0 radical (unpaired) electrons. The number of ether oxygens (including phenoxy) is 1. The van der Waals surface area contributed by atoms with Crippen LogP contribution in [0.2, 0.25) is 0 Å². The molecule has 2 fully saturated rings. The van der Waals surface area contributed by atoms with Gasteiger partial charge in [-0.25, -0.2) is 0 Å². The maximum absolute atomic E-state index is 5.92. The van der Waals surface area contributed by atoms with Crippen LogP contribution in [0.15, 0.2) is 4.99 Å². The van der Waals surface area contributed by atoms with E-state index in [4.69, 9.17) is 10.5 Å². The molecule has 0 aromatic carbocycles. The minimum absolute atomic E-state index is 0.374. The molecule has 2 saturated carbocycles. The molecule has 0 aromatic heterocycles. The highest BCUT2D eigenvalue weighted by atomic mass is 16.5. The van der Waals surface area contributed by atoms with Gasteiger partial charge in [-0.05, 0) is 43.4 Å². The third-order valence-corrected chi connectivity index (χ3v) is 4.63. The molecule has 2 aliphatic rings. The molecular weight excluding hydrogens is 226 g/mol. The van der Waals surface area contributed by atoms with Gasteiger partial charge in [-0.15, -0.1) is 0 Å². The predicted octanol–water partition coefficient (Wildman–Crippen LogP) is 1.90. The number of nitrogens with one attached hydrogen (secondary N) is 1. The standard InChI is InChI=1S/C14H27N3O/c1-18-9-8-14(6-3-7-14)11-17-13(15)16-10-12-4-2-5-12/h12H,2-11H2,1H3,(H3,15,16,17). The topological polar surface area (TPSA) is 59.6 Å². The summed E-state index contributed by atoms with van der Waals surface area (Å²) >= 11 is 0. The normalized spacial score (nSPS) is 23.3. The van der Waals surface area contributed by atoms with Crippen LogP contribution < -0.4 is 11.1 Å². The van der Waals surface area contributed by atoms with Crippen molar-refractivity contribution >= 4 is 5.96 Å². The number of hydrogen-bond donors (Lipinski definition) is 2. The second-order valence-corrected chi connectivity index (χ2v) is 5.98. The van der Waals surface area contributed by atoms with Crippen molar-refractivity contribution < 1.29 is 4.74 Å². The lowest BCUT2D eigenvalue weighted by Crippen LogP contribution is -2.39. The summed E-state index contributed by atoms with van der Waals surface area (Å²) in [4.78, 5) is 4.53. The zero-order chi connectivity index (χ0) is 12.8. The summed E-state index contributed by atoms with van der Waals surface area (Å²) in [6, 6.07) is 0. The molecule has 3 N–H and O–H groups in total. The van der Waals surface area contributed by atoms with Crippen molar-refractivity contribution in [3.63, 3.8) is 0 Å². The van der Waals surface area contributed by atoms with Gasteiger partial charge in [0.05, 0.1) is 0 Å². The molecule has 18 heavy (non-hydrogen) atoms. The highest BCUT2D eigenvalue weighted by Crippen LogP contribution is 2.44. The summed E-state index contributed by atoms with van der Waals surface area (Å²) in [5, 5.41) is 3.26. The maximum Gasteiger partial charge on any atom is 0.188 e. The van der Waals surface area contributed by atoms with Gasteiger partial charge in [-0.1, -0.05) is 12.8 Å². The summed E-state index contributed by atoms with van der Waals surface area (Å²) < 4.78 is 5.19. The van der Waals surface area contributed by atoms with Crippen LogP contribution in [0, 0.1) is 11.3 Å². The van der Waals surface area contributed by atoms with E-state index in [1.54, 1.807) is 7.11 Å². The second-order valence-electron chi connectivity index (χ2n) is 5.98. The lowest BCUT2D eigenvalue weighted by molar-refractivity contribution is 0.0779. The van der Waals surface area contributed by atoms with Crippen molar-refractivity contribution in [2.24, 2.45) is 22.1 Å². The van der Waals surface area contributed by atoms with Crippen LogP contribution in [0.5, 0.6) is 0 Å². The van der Waals surface area contributed by atoms with Gasteiger partial charge >= 0.3 is 0 Å². The van der Waals surface area contributed by atoms with Gasteiger partial charge in [-0.2, -0.15) is 0 Å². The molecule has 0 spiro atoms. The Morgan fingerprint density at radius 3 is 2.67 bits per heavy atom. The number of nitrogens with two attached hydrogens (primary N) is 1. The fraction of sp³-hybridized carbons (Fsp3) is 0.929. The Morgan fingerprint density at radius 2 is 2.17 bits per heavy atom. The van der Waals surface area contributed by atoms with Crippen LogP contribution in [0.4, 0.5) is 0 Å². The molecule has 0 bridgehead atoms. The average Bonchev–Trinajstić information content (AvgIpc) is 2.25. The van der Waals surface area contributed by atoms with Crippen molar-refractivity contribution in [3.05, 3.63) is 0 Å². The summed E-state index contributed by atoms with van der Waals surface area (Å²) in [5.41, 5.74) is 6.30. The van der Waals surface area contributed by atoms with Crippen LogP contribution >= 0.6 is 0 Å². The number of nitrogens with zero attached hydrogens (tertiary/aromatic N) is 1. The second kappa shape index (κ2) is 6.41. The zero-order valence-electron chi connectivity index (χ0n) is 11.6. The Hall–Kier alpha value is -0.770. The Labute approximate surface area is 110 Å². The van der Waals surface area contributed by atoms with Gasteiger partial charge in [0.1, 0.15) is 0 Å². The van der Waals surface area contributed by atoms with E-state index in [9.17, 15) is 0 Å². The van der Waals surface area contributed by atoms with Gasteiger partial charge < -0.3 is 15.8 Å². The molecule has 0 aliphatic heterocycles.